The second-order valence-electron chi connectivity index (χ2n) is 5.58. The number of methoxy groups -OCH3 is 1. The van der Waals surface area contributed by atoms with Crippen molar-refractivity contribution < 1.29 is 4.74 Å². The van der Waals surface area contributed by atoms with Crippen LogP contribution in [0.15, 0.2) is 78.9 Å². The van der Waals surface area contributed by atoms with Gasteiger partial charge in [-0.1, -0.05) is 36.4 Å². The van der Waals surface area contributed by atoms with Crippen LogP contribution in [-0.4, -0.2) is 28.6 Å². The Balaban J connectivity index is 0.000000185. The second kappa shape index (κ2) is 8.67. The summed E-state index contributed by atoms with van der Waals surface area (Å²) in [5, 5.41) is 12.0. The minimum absolute atomic E-state index is 0.789. The first-order valence-electron chi connectivity index (χ1n) is 8.55. The number of ether oxygens (including phenoxy) is 1. The molecule has 4 aromatic rings. The van der Waals surface area contributed by atoms with Crippen molar-refractivity contribution in [1.82, 2.24) is 15.0 Å². The van der Waals surface area contributed by atoms with Crippen molar-refractivity contribution in [2.75, 3.05) is 19.0 Å². The topological polar surface area (TPSA) is 52.0 Å². The number of fused-ring (bicyclic) bond motifs is 1. The lowest BCUT2D eigenvalue weighted by Gasteiger charge is -1.99. The van der Waals surface area contributed by atoms with E-state index in [4.69, 9.17) is 4.74 Å². The summed E-state index contributed by atoms with van der Waals surface area (Å²) in [6.45, 7) is 3.08. The maximum absolute atomic E-state index is 5.16. The Morgan fingerprint density at radius 2 is 1.50 bits per heavy atom. The van der Waals surface area contributed by atoms with E-state index in [1.54, 1.807) is 11.9 Å². The Morgan fingerprint density at radius 1 is 0.846 bits per heavy atom. The van der Waals surface area contributed by atoms with Gasteiger partial charge in [-0.3, -0.25) is 0 Å². The van der Waals surface area contributed by atoms with E-state index >= 15 is 0 Å². The van der Waals surface area contributed by atoms with E-state index < -0.39 is 0 Å². The van der Waals surface area contributed by atoms with E-state index in [0.717, 1.165) is 29.0 Å². The van der Waals surface area contributed by atoms with Gasteiger partial charge in [0.2, 0.25) is 0 Å². The quantitative estimate of drug-likeness (QED) is 0.589. The first-order valence-corrected chi connectivity index (χ1v) is 8.55. The molecule has 0 aliphatic heterocycles. The Hall–Kier alpha value is -3.34. The summed E-state index contributed by atoms with van der Waals surface area (Å²) in [7, 11) is 1.64. The highest BCUT2D eigenvalue weighted by atomic mass is 16.5. The van der Waals surface area contributed by atoms with Crippen molar-refractivity contribution >= 4 is 16.7 Å². The number of hydrogen-bond acceptors (Lipinski definition) is 4. The summed E-state index contributed by atoms with van der Waals surface area (Å²) in [5.41, 5.74) is 3.82. The summed E-state index contributed by atoms with van der Waals surface area (Å²) < 4.78 is 5.16. The van der Waals surface area contributed by atoms with Crippen molar-refractivity contribution in [3.8, 4) is 11.4 Å². The number of para-hydroxylation sites is 2. The smallest absolute Gasteiger partial charge is 0.121 e. The predicted octanol–water partition coefficient (Wildman–Crippen LogP) is 4.55. The molecule has 0 spiro atoms. The van der Waals surface area contributed by atoms with Crippen molar-refractivity contribution in [2.24, 2.45) is 0 Å². The van der Waals surface area contributed by atoms with Crippen LogP contribution < -0.4 is 10.1 Å². The van der Waals surface area contributed by atoms with Gasteiger partial charge in [-0.2, -0.15) is 4.80 Å². The van der Waals surface area contributed by atoms with Crippen LogP contribution in [0.4, 0.5) is 5.69 Å². The van der Waals surface area contributed by atoms with Crippen LogP contribution in [0.1, 0.15) is 6.92 Å². The summed E-state index contributed by atoms with van der Waals surface area (Å²) >= 11 is 0. The highest BCUT2D eigenvalue weighted by Gasteiger charge is 2.04. The molecule has 0 amide bonds. The van der Waals surface area contributed by atoms with Crippen molar-refractivity contribution in [1.29, 1.82) is 0 Å². The van der Waals surface area contributed by atoms with Gasteiger partial charge in [0.1, 0.15) is 16.8 Å². The molecular formula is C21H22N4O. The van der Waals surface area contributed by atoms with E-state index in [2.05, 4.69) is 34.6 Å². The summed E-state index contributed by atoms with van der Waals surface area (Å²) in [5.74, 6) is 0.789. The molecule has 0 radical (unpaired) electrons. The summed E-state index contributed by atoms with van der Waals surface area (Å²) in [4.78, 5) is 1.63. The van der Waals surface area contributed by atoms with Gasteiger partial charge in [-0.15, -0.1) is 10.2 Å². The molecule has 5 nitrogen and oxygen atoms in total. The molecule has 5 heteroatoms. The number of anilines is 1. The van der Waals surface area contributed by atoms with Gasteiger partial charge in [-0.25, -0.2) is 0 Å². The van der Waals surface area contributed by atoms with Gasteiger partial charge in [0, 0.05) is 18.3 Å². The fraction of sp³-hybridized carbons (Fsp3) is 0.143. The zero-order chi connectivity index (χ0) is 18.2. The minimum Gasteiger partial charge on any atom is -0.497 e. The van der Waals surface area contributed by atoms with Gasteiger partial charge in [0.25, 0.3) is 0 Å². The largest absolute Gasteiger partial charge is 0.497 e. The van der Waals surface area contributed by atoms with Crippen molar-refractivity contribution in [2.45, 2.75) is 6.92 Å². The fourth-order valence-corrected chi connectivity index (χ4v) is 2.46. The SMILES string of the molecule is CCNc1ccccc1.COc1ccc2nn(-c3ccccc3)nc2c1. The molecule has 3 aromatic carbocycles. The van der Waals surface area contributed by atoms with Gasteiger partial charge >= 0.3 is 0 Å². The number of rotatable bonds is 4. The number of aromatic nitrogens is 3. The number of nitrogens with zero attached hydrogens (tertiary/aromatic N) is 3. The lowest BCUT2D eigenvalue weighted by Crippen LogP contribution is -1.97. The van der Waals surface area contributed by atoms with Gasteiger partial charge in [-0.05, 0) is 43.3 Å². The third kappa shape index (κ3) is 4.39. The van der Waals surface area contributed by atoms with Gasteiger partial charge in [0.15, 0.2) is 0 Å². The molecule has 0 saturated heterocycles. The van der Waals surface area contributed by atoms with Gasteiger partial charge < -0.3 is 10.1 Å². The van der Waals surface area contributed by atoms with Gasteiger partial charge in [0.05, 0.1) is 12.8 Å². The third-order valence-electron chi connectivity index (χ3n) is 3.73. The van der Waals surface area contributed by atoms with E-state index in [1.165, 1.54) is 5.69 Å². The second-order valence-corrected chi connectivity index (χ2v) is 5.58. The van der Waals surface area contributed by atoms with E-state index in [-0.39, 0.29) is 0 Å². The molecule has 0 bridgehead atoms. The first-order chi connectivity index (χ1) is 12.8. The summed E-state index contributed by atoms with van der Waals surface area (Å²) in [6.07, 6.45) is 0. The molecule has 26 heavy (non-hydrogen) atoms. The molecule has 0 saturated carbocycles. The maximum Gasteiger partial charge on any atom is 0.121 e. The van der Waals surface area contributed by atoms with E-state index in [1.807, 2.05) is 66.7 Å². The molecule has 0 unspecified atom stereocenters. The highest BCUT2D eigenvalue weighted by molar-refractivity contribution is 5.75. The fourth-order valence-electron chi connectivity index (χ4n) is 2.46. The van der Waals surface area contributed by atoms with Crippen LogP contribution in [0, 0.1) is 0 Å². The Morgan fingerprint density at radius 3 is 2.15 bits per heavy atom. The van der Waals surface area contributed by atoms with Crippen LogP contribution in [0.2, 0.25) is 0 Å². The number of hydrogen-bond donors (Lipinski definition) is 1. The molecule has 1 N–H and O–H groups in total. The molecule has 132 valence electrons. The third-order valence-corrected chi connectivity index (χ3v) is 3.73. The highest BCUT2D eigenvalue weighted by Crippen LogP contribution is 2.18. The standard InChI is InChI=1S/C13H11N3O.C8H11N/c1-17-11-7-8-12-13(9-11)15-16(14-12)10-5-3-2-4-6-10;1-2-9-8-6-4-3-5-7-8/h2-9H,1H3;3-7,9H,2H2,1H3. The average molecular weight is 346 g/mol. The predicted molar refractivity (Wildman–Crippen MR) is 106 cm³/mol. The molecule has 0 aliphatic rings. The molecular weight excluding hydrogens is 324 g/mol. The van der Waals surface area contributed by atoms with Crippen LogP contribution in [0.25, 0.3) is 16.7 Å². The van der Waals surface area contributed by atoms with Crippen LogP contribution >= 0.6 is 0 Å². The Labute approximate surface area is 153 Å². The number of nitrogens with one attached hydrogen (secondary N) is 1. The monoisotopic (exact) mass is 346 g/mol. The Kier molecular flexibility index (Phi) is 5.83. The molecule has 1 aromatic heterocycles. The van der Waals surface area contributed by atoms with Crippen molar-refractivity contribution in [3.63, 3.8) is 0 Å². The first kappa shape index (κ1) is 17.5. The maximum atomic E-state index is 5.16. The normalized spacial score (nSPS) is 10.1. The van der Waals surface area contributed by atoms with E-state index in [9.17, 15) is 0 Å². The average Bonchev–Trinajstić information content (AvgIpc) is 3.13. The molecule has 4 rings (SSSR count). The number of benzene rings is 3. The van der Waals surface area contributed by atoms with Crippen molar-refractivity contribution in [3.05, 3.63) is 78.9 Å². The molecule has 1 heterocycles. The molecule has 0 atom stereocenters. The lowest BCUT2D eigenvalue weighted by molar-refractivity contribution is 0.415. The lowest BCUT2D eigenvalue weighted by atomic mass is 10.3. The van der Waals surface area contributed by atoms with E-state index in [0.29, 0.717) is 0 Å². The van der Waals surface area contributed by atoms with Crippen LogP contribution in [0.5, 0.6) is 5.75 Å². The zero-order valence-corrected chi connectivity index (χ0v) is 15.0. The zero-order valence-electron chi connectivity index (χ0n) is 15.0. The molecule has 0 fully saturated rings. The Bertz CT molecular complexity index is 936. The minimum atomic E-state index is 0.789. The summed E-state index contributed by atoms with van der Waals surface area (Å²) in [6, 6.07) is 25.7. The van der Waals surface area contributed by atoms with Crippen LogP contribution in [-0.2, 0) is 0 Å². The van der Waals surface area contributed by atoms with Crippen LogP contribution in [0.3, 0.4) is 0 Å². The molecule has 0 aliphatic carbocycles.